The third-order valence-corrected chi connectivity index (χ3v) is 2.71. The van der Waals surface area contributed by atoms with Crippen LogP contribution >= 0.6 is 0 Å². The summed E-state index contributed by atoms with van der Waals surface area (Å²) < 4.78 is 0. The number of hydrazone groups is 1. The average Bonchev–Trinajstić information content (AvgIpc) is 2.08. The van der Waals surface area contributed by atoms with E-state index in [4.69, 9.17) is 11.5 Å². The van der Waals surface area contributed by atoms with Crippen LogP contribution in [0.2, 0.25) is 0 Å². The van der Waals surface area contributed by atoms with Crippen molar-refractivity contribution in [2.24, 2.45) is 23.3 Å². The van der Waals surface area contributed by atoms with Gasteiger partial charge >= 0.3 is 5.96 Å². The number of allylic oxidation sites excluding steroid dienone is 3. The van der Waals surface area contributed by atoms with Gasteiger partial charge in [0.1, 0.15) is 0 Å². The van der Waals surface area contributed by atoms with Crippen molar-refractivity contribution in [3.8, 4) is 0 Å². The molecule has 0 aromatic rings. The van der Waals surface area contributed by atoms with E-state index in [2.05, 4.69) is 37.4 Å². The molecule has 0 fully saturated rings. The highest BCUT2D eigenvalue weighted by Crippen LogP contribution is 2.31. The van der Waals surface area contributed by atoms with E-state index in [-0.39, 0.29) is 5.96 Å². The first-order chi connectivity index (χ1) is 7.00. The summed E-state index contributed by atoms with van der Waals surface area (Å²) in [6.45, 7) is 6.61. The Morgan fingerprint density at radius 3 is 2.73 bits per heavy atom. The van der Waals surface area contributed by atoms with Gasteiger partial charge in [0.05, 0.1) is 0 Å². The number of hydrogen-bond acceptors (Lipinski definition) is 1. The Morgan fingerprint density at radius 1 is 1.53 bits per heavy atom. The summed E-state index contributed by atoms with van der Waals surface area (Å²) in [5.41, 5.74) is 16.3. The van der Waals surface area contributed by atoms with Crippen LogP contribution in [0.4, 0.5) is 0 Å². The maximum Gasteiger partial charge on any atom is 0.360 e. The van der Waals surface area contributed by atoms with Gasteiger partial charge in [-0.2, -0.15) is 5.10 Å². The molecule has 0 spiro atoms. The monoisotopic (exact) mass is 209 g/mol. The molecule has 84 valence electrons. The number of nitrogens with one attached hydrogen (secondary N) is 2. The third kappa shape index (κ3) is 3.31. The summed E-state index contributed by atoms with van der Waals surface area (Å²) in [4.78, 5) is 0. The minimum atomic E-state index is 0.176. The van der Waals surface area contributed by atoms with Crippen molar-refractivity contribution in [2.75, 3.05) is 0 Å². The maximum atomic E-state index is 5.28. The smallest absolute Gasteiger partial charge is 0.289 e. The Hall–Kier alpha value is -1.45. The fourth-order valence-electron chi connectivity index (χ4n) is 2.12. The first-order valence-corrected chi connectivity index (χ1v) is 5.27. The molecule has 1 rings (SSSR count). The number of nitrogens with two attached hydrogens (primary N) is 2. The molecule has 0 unspecified atom stereocenters. The summed E-state index contributed by atoms with van der Waals surface area (Å²) in [6, 6.07) is 0. The van der Waals surface area contributed by atoms with Crippen molar-refractivity contribution in [3.05, 3.63) is 23.4 Å². The molecule has 0 saturated heterocycles. The average molecular weight is 209 g/mol. The second kappa shape index (κ2) is 4.87. The van der Waals surface area contributed by atoms with E-state index in [0.29, 0.717) is 11.8 Å². The van der Waals surface area contributed by atoms with Crippen LogP contribution in [0.3, 0.4) is 0 Å². The molecule has 0 amide bonds. The van der Waals surface area contributed by atoms with Crippen LogP contribution in [-0.2, 0) is 0 Å². The molecule has 4 heteroatoms. The van der Waals surface area contributed by atoms with E-state index in [1.807, 2.05) is 6.20 Å². The van der Waals surface area contributed by atoms with Gasteiger partial charge in [-0.05, 0) is 30.8 Å². The molecule has 4 nitrogen and oxygen atoms in total. The lowest BCUT2D eigenvalue weighted by atomic mass is 9.80. The van der Waals surface area contributed by atoms with E-state index < -0.39 is 0 Å². The number of hydrazine groups is 1. The Morgan fingerprint density at radius 2 is 2.20 bits per heavy atom. The van der Waals surface area contributed by atoms with Gasteiger partial charge < -0.3 is 0 Å². The van der Waals surface area contributed by atoms with Gasteiger partial charge in [0.15, 0.2) is 0 Å². The van der Waals surface area contributed by atoms with Gasteiger partial charge in [-0.3, -0.25) is 16.9 Å². The van der Waals surface area contributed by atoms with E-state index in [1.54, 1.807) is 0 Å². The van der Waals surface area contributed by atoms with E-state index in [9.17, 15) is 0 Å². The van der Waals surface area contributed by atoms with Crippen molar-refractivity contribution in [3.63, 3.8) is 0 Å². The predicted molar refractivity (Wildman–Crippen MR) is 62.3 cm³/mol. The van der Waals surface area contributed by atoms with E-state index in [1.165, 1.54) is 11.1 Å². The second-order valence-corrected chi connectivity index (χ2v) is 4.28. The molecule has 15 heavy (non-hydrogen) atoms. The lowest BCUT2D eigenvalue weighted by molar-refractivity contribution is -0.515. The van der Waals surface area contributed by atoms with Crippen molar-refractivity contribution in [1.82, 2.24) is 5.43 Å². The zero-order valence-electron chi connectivity index (χ0n) is 9.67. The fourth-order valence-corrected chi connectivity index (χ4v) is 2.12. The minimum absolute atomic E-state index is 0.176. The molecule has 6 N–H and O–H groups in total. The molecule has 0 bridgehead atoms. The fraction of sp³-hybridized carbons (Fsp3) is 0.545. The van der Waals surface area contributed by atoms with Gasteiger partial charge in [0.2, 0.25) is 0 Å². The molecule has 0 aliphatic heterocycles. The molecule has 1 aliphatic rings. The summed E-state index contributed by atoms with van der Waals surface area (Å²) in [6.07, 6.45) is 5.38. The van der Waals surface area contributed by atoms with Gasteiger partial charge in [-0.15, -0.1) is 0 Å². The Kier molecular flexibility index (Phi) is 3.77. The summed E-state index contributed by atoms with van der Waals surface area (Å²) in [5, 5.41) is 2.67. The van der Waals surface area contributed by atoms with Crippen LogP contribution in [0, 0.1) is 11.8 Å². The molecule has 0 aromatic heterocycles. The lowest BCUT2D eigenvalue weighted by Gasteiger charge is -2.26. The topological polar surface area (TPSA) is 78.0 Å². The van der Waals surface area contributed by atoms with Crippen molar-refractivity contribution < 1.29 is 5.10 Å². The van der Waals surface area contributed by atoms with E-state index >= 15 is 0 Å². The summed E-state index contributed by atoms with van der Waals surface area (Å²) in [5.74, 6) is 1.22. The highest BCUT2D eigenvalue weighted by atomic mass is 15.3. The summed E-state index contributed by atoms with van der Waals surface area (Å²) in [7, 11) is 0. The molecule has 1 aliphatic carbocycles. The molecule has 2 atom stereocenters. The zero-order chi connectivity index (χ0) is 11.4. The van der Waals surface area contributed by atoms with Crippen LogP contribution in [0.5, 0.6) is 0 Å². The van der Waals surface area contributed by atoms with Crippen LogP contribution in [-0.4, -0.2) is 5.96 Å². The lowest BCUT2D eigenvalue weighted by Crippen LogP contribution is -2.85. The van der Waals surface area contributed by atoms with Gasteiger partial charge in [0.25, 0.3) is 0 Å². The Labute approximate surface area is 91.1 Å². The molecular weight excluding hydrogens is 188 g/mol. The zero-order valence-corrected chi connectivity index (χ0v) is 9.67. The second-order valence-electron chi connectivity index (χ2n) is 4.28. The number of hydrogen-bond donors (Lipinski definition) is 4. The summed E-state index contributed by atoms with van der Waals surface area (Å²) >= 11 is 0. The van der Waals surface area contributed by atoms with Crippen LogP contribution < -0.4 is 22.0 Å². The molecule has 0 radical (unpaired) electrons. The quantitative estimate of drug-likeness (QED) is 0.211. The first-order valence-electron chi connectivity index (χ1n) is 5.27. The maximum absolute atomic E-state index is 5.28. The van der Waals surface area contributed by atoms with Crippen molar-refractivity contribution in [1.29, 1.82) is 0 Å². The number of rotatable bonds is 2. The van der Waals surface area contributed by atoms with Gasteiger partial charge in [-0.1, -0.05) is 25.5 Å². The highest BCUT2D eigenvalue weighted by Gasteiger charge is 2.19. The molecule has 0 heterocycles. The highest BCUT2D eigenvalue weighted by molar-refractivity contribution is 5.69. The normalized spacial score (nSPS) is 28.5. The molecule has 0 saturated carbocycles. The molecule has 0 aromatic carbocycles. The van der Waals surface area contributed by atoms with Crippen LogP contribution in [0.25, 0.3) is 0 Å². The first kappa shape index (κ1) is 11.6. The van der Waals surface area contributed by atoms with Crippen LogP contribution in [0.15, 0.2) is 23.4 Å². The van der Waals surface area contributed by atoms with Crippen molar-refractivity contribution >= 4 is 5.96 Å². The Bertz CT molecular complexity index is 311. The standard InChI is InChI=1S/C11H20N4/c1-7-4-8(2)10(9(3)5-7)6-14-15-11(12)13/h4,6,8-9,14H,5H2,1-3H3,(H4,12,13,15)/p+1/t8-,9+/m1/s1. The molecular formula is C11H21N4+. The van der Waals surface area contributed by atoms with Crippen LogP contribution in [0.1, 0.15) is 27.2 Å². The van der Waals surface area contributed by atoms with E-state index in [0.717, 1.165) is 6.42 Å². The van der Waals surface area contributed by atoms with Gasteiger partial charge in [0, 0.05) is 6.20 Å². The Balaban J connectivity index is 2.72. The number of guanidine groups is 1. The third-order valence-electron chi connectivity index (χ3n) is 2.71. The van der Waals surface area contributed by atoms with Gasteiger partial charge in [-0.25, -0.2) is 0 Å². The SMILES string of the molecule is CC1=C[C@@H](C)C(=CN[NH+]=C(N)N)[C@@H](C)C1. The van der Waals surface area contributed by atoms with Crippen molar-refractivity contribution in [2.45, 2.75) is 27.2 Å². The predicted octanol–water partition coefficient (Wildman–Crippen LogP) is -0.649. The minimum Gasteiger partial charge on any atom is -0.289 e. The largest absolute Gasteiger partial charge is 0.360 e.